The Morgan fingerprint density at radius 2 is 1.71 bits per heavy atom. The third-order valence-corrected chi connectivity index (χ3v) is 7.98. The van der Waals surface area contributed by atoms with Gasteiger partial charge in [0.1, 0.15) is 31.5 Å². The molecule has 0 saturated carbocycles. The third kappa shape index (κ3) is 7.09. The largest absolute Gasteiger partial charge is 0.497 e. The molecule has 208 valence electrons. The molecule has 1 aliphatic rings. The van der Waals surface area contributed by atoms with Crippen molar-refractivity contribution < 1.29 is 32.2 Å². The highest BCUT2D eigenvalue weighted by Crippen LogP contribution is 2.35. The maximum atomic E-state index is 13.8. The van der Waals surface area contributed by atoms with Crippen molar-refractivity contribution in [3.8, 4) is 17.2 Å². The first kappa shape index (κ1) is 29.1. The summed E-state index contributed by atoms with van der Waals surface area (Å²) in [6.45, 7) is 6.18. The number of fused-ring (bicyclic) bond motifs is 1. The first-order valence-electron chi connectivity index (χ1n) is 12.8. The minimum atomic E-state index is -3.84. The molecule has 1 aliphatic heterocycles. The Kier molecular flexibility index (Phi) is 10.2. The van der Waals surface area contributed by atoms with Crippen LogP contribution in [0.5, 0.6) is 17.2 Å². The van der Waals surface area contributed by atoms with Crippen LogP contribution in [0.15, 0.2) is 42.5 Å². The summed E-state index contributed by atoms with van der Waals surface area (Å²) in [5, 5.41) is 2.87. The van der Waals surface area contributed by atoms with E-state index in [4.69, 9.17) is 14.2 Å². The summed E-state index contributed by atoms with van der Waals surface area (Å²) in [5.74, 6) is 0.615. The molecule has 0 aromatic heterocycles. The van der Waals surface area contributed by atoms with Crippen LogP contribution in [0.4, 0.5) is 5.69 Å². The fourth-order valence-electron chi connectivity index (χ4n) is 4.12. The molecule has 1 heterocycles. The molecule has 38 heavy (non-hydrogen) atoms. The van der Waals surface area contributed by atoms with E-state index in [1.165, 1.54) is 11.8 Å². The monoisotopic (exact) mass is 547 g/mol. The zero-order valence-electron chi connectivity index (χ0n) is 22.4. The van der Waals surface area contributed by atoms with Gasteiger partial charge in [-0.1, -0.05) is 26.0 Å². The topological polar surface area (TPSA) is 114 Å². The van der Waals surface area contributed by atoms with Gasteiger partial charge < -0.3 is 24.4 Å². The summed E-state index contributed by atoms with van der Waals surface area (Å²) in [7, 11) is -2.28. The van der Waals surface area contributed by atoms with E-state index in [1.807, 2.05) is 26.0 Å². The number of sulfonamides is 1. The Morgan fingerprint density at radius 1 is 1.03 bits per heavy atom. The van der Waals surface area contributed by atoms with Crippen LogP contribution in [-0.4, -0.2) is 70.3 Å². The van der Waals surface area contributed by atoms with Gasteiger partial charge in [0.05, 0.1) is 18.6 Å². The summed E-state index contributed by atoms with van der Waals surface area (Å²) >= 11 is 0. The van der Waals surface area contributed by atoms with Crippen LogP contribution in [0.3, 0.4) is 0 Å². The number of methoxy groups -OCH3 is 1. The maximum absolute atomic E-state index is 13.8. The fraction of sp³-hybridized carbons (Fsp3) is 0.481. The third-order valence-electron chi connectivity index (χ3n) is 6.24. The van der Waals surface area contributed by atoms with Crippen LogP contribution in [0, 0.1) is 0 Å². The second kappa shape index (κ2) is 13.4. The molecule has 0 bridgehead atoms. The number of benzene rings is 2. The normalized spacial score (nSPS) is 13.4. The standard InChI is InChI=1S/C27H37N3O7S/c1-5-14-28-27(32)23(6-2)29(18-20-8-11-22(35-4)12-9-20)26(31)19-30(38(33,34)7-3)21-10-13-24-25(17-21)37-16-15-36-24/h8-13,17,23H,5-7,14-16,18-19H2,1-4H3,(H,28,32). The molecule has 1 atom stereocenters. The lowest BCUT2D eigenvalue weighted by Crippen LogP contribution is -2.52. The molecule has 10 nitrogen and oxygen atoms in total. The number of anilines is 1. The highest BCUT2D eigenvalue weighted by atomic mass is 32.2. The van der Waals surface area contributed by atoms with Gasteiger partial charge in [-0.2, -0.15) is 0 Å². The van der Waals surface area contributed by atoms with Gasteiger partial charge in [-0.3, -0.25) is 13.9 Å². The average Bonchev–Trinajstić information content (AvgIpc) is 2.94. The van der Waals surface area contributed by atoms with Crippen molar-refractivity contribution in [1.82, 2.24) is 10.2 Å². The second-order valence-electron chi connectivity index (χ2n) is 8.82. The van der Waals surface area contributed by atoms with Crippen molar-refractivity contribution in [2.24, 2.45) is 0 Å². The number of nitrogens with zero attached hydrogens (tertiary/aromatic N) is 2. The number of ether oxygens (including phenoxy) is 3. The van der Waals surface area contributed by atoms with Gasteiger partial charge in [0, 0.05) is 19.2 Å². The van der Waals surface area contributed by atoms with Crippen molar-refractivity contribution in [2.45, 2.75) is 46.2 Å². The number of rotatable bonds is 13. The van der Waals surface area contributed by atoms with E-state index in [2.05, 4.69) is 5.32 Å². The van der Waals surface area contributed by atoms with Crippen LogP contribution >= 0.6 is 0 Å². The average molecular weight is 548 g/mol. The van der Waals surface area contributed by atoms with Crippen LogP contribution < -0.4 is 23.8 Å². The Hall–Kier alpha value is -3.47. The van der Waals surface area contributed by atoms with Gasteiger partial charge in [-0.25, -0.2) is 8.42 Å². The molecular weight excluding hydrogens is 510 g/mol. The van der Waals surface area contributed by atoms with Gasteiger partial charge in [-0.15, -0.1) is 0 Å². The molecule has 1 N–H and O–H groups in total. The molecule has 1 unspecified atom stereocenters. The van der Waals surface area contributed by atoms with E-state index in [9.17, 15) is 18.0 Å². The molecule has 0 fully saturated rings. The van der Waals surface area contributed by atoms with Gasteiger partial charge >= 0.3 is 0 Å². The molecule has 11 heteroatoms. The van der Waals surface area contributed by atoms with Gasteiger partial charge in [0.25, 0.3) is 0 Å². The summed E-state index contributed by atoms with van der Waals surface area (Å²) < 4.78 is 43.8. The maximum Gasteiger partial charge on any atom is 0.244 e. The predicted octanol–water partition coefficient (Wildman–Crippen LogP) is 2.96. The lowest BCUT2D eigenvalue weighted by molar-refractivity contribution is -0.140. The summed E-state index contributed by atoms with van der Waals surface area (Å²) in [5.41, 5.74) is 1.07. The minimum absolute atomic E-state index is 0.127. The number of carbonyl (C=O) groups is 2. The SMILES string of the molecule is CCCNC(=O)C(CC)N(Cc1ccc(OC)cc1)C(=O)CN(c1ccc2c(c1)OCCO2)S(=O)(=O)CC. The van der Waals surface area contributed by atoms with Crippen LogP contribution in [-0.2, 0) is 26.2 Å². The molecule has 0 spiro atoms. The Labute approximate surface area is 224 Å². The molecular formula is C27H37N3O7S. The quantitative estimate of drug-likeness (QED) is 0.410. The number of hydrogen-bond acceptors (Lipinski definition) is 7. The lowest BCUT2D eigenvalue weighted by atomic mass is 10.1. The van der Waals surface area contributed by atoms with Crippen molar-refractivity contribution in [1.29, 1.82) is 0 Å². The number of hydrogen-bond donors (Lipinski definition) is 1. The van der Waals surface area contributed by atoms with Crippen molar-refractivity contribution in [3.05, 3.63) is 48.0 Å². The molecule has 2 aromatic rings. The zero-order chi connectivity index (χ0) is 27.7. The summed E-state index contributed by atoms with van der Waals surface area (Å²) in [6, 6.07) is 11.2. The van der Waals surface area contributed by atoms with E-state index in [-0.39, 0.29) is 23.9 Å². The second-order valence-corrected chi connectivity index (χ2v) is 11.0. The molecule has 2 amide bonds. The zero-order valence-corrected chi connectivity index (χ0v) is 23.3. The van der Waals surface area contributed by atoms with Gasteiger partial charge in [-0.05, 0) is 49.6 Å². The van der Waals surface area contributed by atoms with E-state index in [0.29, 0.717) is 43.4 Å². The van der Waals surface area contributed by atoms with Gasteiger partial charge in [0.15, 0.2) is 11.5 Å². The van der Waals surface area contributed by atoms with Crippen LogP contribution in [0.25, 0.3) is 0 Å². The molecule has 0 saturated heterocycles. The van der Waals surface area contributed by atoms with E-state index >= 15 is 0 Å². The summed E-state index contributed by atoms with van der Waals surface area (Å²) in [4.78, 5) is 28.3. The molecule has 2 aromatic carbocycles. The van der Waals surface area contributed by atoms with Crippen LogP contribution in [0.1, 0.15) is 39.2 Å². The Balaban J connectivity index is 1.96. The first-order chi connectivity index (χ1) is 18.2. The molecule has 0 aliphatic carbocycles. The highest BCUT2D eigenvalue weighted by molar-refractivity contribution is 7.92. The highest BCUT2D eigenvalue weighted by Gasteiger charge is 2.32. The first-order valence-corrected chi connectivity index (χ1v) is 14.4. The van der Waals surface area contributed by atoms with Crippen molar-refractivity contribution in [3.63, 3.8) is 0 Å². The van der Waals surface area contributed by atoms with Crippen molar-refractivity contribution in [2.75, 3.05) is 43.5 Å². The van der Waals surface area contributed by atoms with E-state index < -0.39 is 28.5 Å². The van der Waals surface area contributed by atoms with Gasteiger partial charge in [0.2, 0.25) is 21.8 Å². The van der Waals surface area contributed by atoms with Crippen molar-refractivity contribution >= 4 is 27.5 Å². The Morgan fingerprint density at radius 3 is 2.32 bits per heavy atom. The smallest absolute Gasteiger partial charge is 0.244 e. The predicted molar refractivity (Wildman–Crippen MR) is 145 cm³/mol. The van der Waals surface area contributed by atoms with E-state index in [1.54, 1.807) is 37.4 Å². The number of carbonyl (C=O) groups excluding carboxylic acids is 2. The number of nitrogens with one attached hydrogen (secondary N) is 1. The fourth-order valence-corrected chi connectivity index (χ4v) is 5.17. The van der Waals surface area contributed by atoms with Crippen LogP contribution in [0.2, 0.25) is 0 Å². The lowest BCUT2D eigenvalue weighted by Gasteiger charge is -2.33. The van der Waals surface area contributed by atoms with E-state index in [0.717, 1.165) is 16.3 Å². The molecule has 3 rings (SSSR count). The minimum Gasteiger partial charge on any atom is -0.497 e. The summed E-state index contributed by atoms with van der Waals surface area (Å²) in [6.07, 6.45) is 1.11. The number of amides is 2. The molecule has 0 radical (unpaired) electrons. The Bertz CT molecular complexity index is 1200.